The van der Waals surface area contributed by atoms with Gasteiger partial charge in [0, 0.05) is 19.6 Å². The van der Waals surface area contributed by atoms with Gasteiger partial charge in [-0.2, -0.15) is 0 Å². The highest BCUT2D eigenvalue weighted by Gasteiger charge is 2.50. The molecule has 0 aromatic heterocycles. The van der Waals surface area contributed by atoms with Crippen molar-refractivity contribution in [2.24, 2.45) is 23.2 Å². The first kappa shape index (κ1) is 33.9. The number of carbonyl (C=O) groups excluding carboxylic acids is 1. The topological polar surface area (TPSA) is 78.8 Å². The monoisotopic (exact) mass is 571 g/mol. The van der Waals surface area contributed by atoms with E-state index in [4.69, 9.17) is 9.84 Å². The molecule has 0 radical (unpaired) electrons. The van der Waals surface area contributed by atoms with Crippen LogP contribution in [0.15, 0.2) is 35.5 Å². The van der Waals surface area contributed by atoms with Gasteiger partial charge in [-0.1, -0.05) is 82.2 Å². The summed E-state index contributed by atoms with van der Waals surface area (Å²) in [6, 6.07) is 0. The van der Waals surface area contributed by atoms with E-state index in [1.807, 2.05) is 13.8 Å². The van der Waals surface area contributed by atoms with Gasteiger partial charge in [-0.3, -0.25) is 0 Å². The number of unbranched alkanes of at least 4 members (excludes halogenated alkanes) is 5. The van der Waals surface area contributed by atoms with Crippen LogP contribution in [0.2, 0.25) is 0 Å². The van der Waals surface area contributed by atoms with E-state index in [1.54, 1.807) is 5.57 Å². The molecule has 5 heteroatoms. The first-order chi connectivity index (χ1) is 19.5. The van der Waals surface area contributed by atoms with Crippen molar-refractivity contribution in [2.45, 2.75) is 149 Å². The van der Waals surface area contributed by atoms with Gasteiger partial charge in [0.25, 0.3) is 0 Å². The first-order valence-electron chi connectivity index (χ1n) is 16.9. The van der Waals surface area contributed by atoms with Crippen LogP contribution >= 0.6 is 0 Å². The van der Waals surface area contributed by atoms with E-state index in [0.717, 1.165) is 76.5 Å². The SMILES string of the molecule is C=C1CC[C@H](OC(=O)NCCCCCCCCO)C/C1=C/C=C1\CCC[C@]2(C)[C@@H]([C@H](C)CCCC(C)(C)O)CC[C@@H]12. The highest BCUT2D eigenvalue weighted by Crippen LogP contribution is 2.60. The number of alkyl carbamates (subject to hydrolysis) is 1. The van der Waals surface area contributed by atoms with E-state index in [1.165, 1.54) is 49.7 Å². The third-order valence-corrected chi connectivity index (χ3v) is 10.5. The van der Waals surface area contributed by atoms with Crippen LogP contribution < -0.4 is 5.32 Å². The van der Waals surface area contributed by atoms with Gasteiger partial charge in [-0.05, 0) is 107 Å². The average molecular weight is 572 g/mol. The Bertz CT molecular complexity index is 900. The van der Waals surface area contributed by atoms with Crippen molar-refractivity contribution in [1.29, 1.82) is 0 Å². The number of aliphatic hydroxyl groups excluding tert-OH is 1. The van der Waals surface area contributed by atoms with Crippen molar-refractivity contribution in [3.8, 4) is 0 Å². The minimum absolute atomic E-state index is 0.0825. The number of carbonyl (C=O) groups is 1. The standard InChI is InChI=1S/C36H61NO4/c1-27-16-19-31(41-34(39)37-24-10-8-6-7-9-11-25-38)26-30(27)18-17-29-15-13-23-36(5)32(20-21-33(29)36)28(2)14-12-22-35(3,4)40/h17-18,28,31-33,38,40H,1,6-16,19-26H2,2-5H3,(H,37,39)/b29-17+,30-18-/t28-,31+,32-,33+,36-/m1/s1. The van der Waals surface area contributed by atoms with Crippen LogP contribution in [-0.2, 0) is 4.74 Å². The molecule has 5 nitrogen and oxygen atoms in total. The minimum Gasteiger partial charge on any atom is -0.446 e. The van der Waals surface area contributed by atoms with Crippen LogP contribution in [0, 0.1) is 23.2 Å². The van der Waals surface area contributed by atoms with Crippen molar-refractivity contribution < 1.29 is 19.7 Å². The molecule has 3 aliphatic rings. The second-order valence-electron chi connectivity index (χ2n) is 14.4. The number of aliphatic hydroxyl groups is 2. The molecule has 1 amide bonds. The highest BCUT2D eigenvalue weighted by atomic mass is 16.6. The van der Waals surface area contributed by atoms with E-state index >= 15 is 0 Å². The number of ether oxygens (including phenoxy) is 1. The van der Waals surface area contributed by atoms with E-state index in [2.05, 4.69) is 37.9 Å². The van der Waals surface area contributed by atoms with Gasteiger partial charge in [0.15, 0.2) is 0 Å². The molecule has 0 spiro atoms. The fourth-order valence-corrected chi connectivity index (χ4v) is 8.08. The van der Waals surface area contributed by atoms with E-state index in [-0.39, 0.29) is 18.8 Å². The Hall–Kier alpha value is -1.59. The van der Waals surface area contributed by atoms with Crippen molar-refractivity contribution in [2.75, 3.05) is 13.2 Å². The summed E-state index contributed by atoms with van der Waals surface area (Å²) in [5.41, 5.74) is 3.86. The normalized spacial score (nSPS) is 29.5. The molecule has 0 heterocycles. The second-order valence-corrected chi connectivity index (χ2v) is 14.4. The van der Waals surface area contributed by atoms with Crippen molar-refractivity contribution in [1.82, 2.24) is 5.32 Å². The lowest BCUT2D eigenvalue weighted by Crippen LogP contribution is -2.36. The van der Waals surface area contributed by atoms with E-state index in [0.29, 0.717) is 23.8 Å². The second kappa shape index (κ2) is 16.3. The molecule has 0 saturated heterocycles. The van der Waals surface area contributed by atoms with Gasteiger partial charge >= 0.3 is 6.09 Å². The third kappa shape index (κ3) is 10.6. The number of allylic oxidation sites excluding steroid dienone is 4. The Kier molecular flexibility index (Phi) is 13.5. The molecular formula is C36H61NO4. The molecule has 0 unspecified atom stereocenters. The lowest BCUT2D eigenvalue weighted by molar-refractivity contribution is 0.0596. The van der Waals surface area contributed by atoms with Crippen molar-refractivity contribution >= 4 is 6.09 Å². The molecule has 0 aliphatic heterocycles. The molecule has 3 saturated carbocycles. The van der Waals surface area contributed by atoms with Crippen LogP contribution in [0.3, 0.4) is 0 Å². The molecule has 3 aliphatic carbocycles. The lowest BCUT2D eigenvalue weighted by atomic mass is 9.60. The molecular weight excluding hydrogens is 510 g/mol. The Labute approximate surface area is 251 Å². The average Bonchev–Trinajstić information content (AvgIpc) is 3.27. The van der Waals surface area contributed by atoms with Crippen LogP contribution in [0.4, 0.5) is 4.79 Å². The number of amides is 1. The lowest BCUT2D eigenvalue weighted by Gasteiger charge is -2.44. The molecule has 234 valence electrons. The Morgan fingerprint density at radius 1 is 1.10 bits per heavy atom. The van der Waals surface area contributed by atoms with Gasteiger partial charge < -0.3 is 20.3 Å². The summed E-state index contributed by atoms with van der Waals surface area (Å²) >= 11 is 0. The maximum absolute atomic E-state index is 12.4. The molecule has 3 fully saturated rings. The van der Waals surface area contributed by atoms with Crippen LogP contribution in [0.5, 0.6) is 0 Å². The summed E-state index contributed by atoms with van der Waals surface area (Å²) in [6.07, 6.45) is 22.7. The molecule has 0 aromatic rings. The van der Waals surface area contributed by atoms with E-state index in [9.17, 15) is 9.90 Å². The fraction of sp³-hybridized carbons (Fsp3) is 0.806. The predicted molar refractivity (Wildman–Crippen MR) is 170 cm³/mol. The van der Waals surface area contributed by atoms with Crippen molar-refractivity contribution in [3.05, 3.63) is 35.5 Å². The predicted octanol–water partition coefficient (Wildman–Crippen LogP) is 8.80. The van der Waals surface area contributed by atoms with Gasteiger partial charge in [-0.15, -0.1) is 0 Å². The first-order valence-corrected chi connectivity index (χ1v) is 16.9. The zero-order valence-corrected chi connectivity index (χ0v) is 26.8. The van der Waals surface area contributed by atoms with Gasteiger partial charge in [0.05, 0.1) is 5.60 Å². The van der Waals surface area contributed by atoms with Crippen molar-refractivity contribution in [3.63, 3.8) is 0 Å². The number of fused-ring (bicyclic) bond motifs is 1. The zero-order chi connectivity index (χ0) is 29.9. The number of rotatable bonds is 15. The van der Waals surface area contributed by atoms with Gasteiger partial charge in [0.2, 0.25) is 0 Å². The molecule has 0 bridgehead atoms. The summed E-state index contributed by atoms with van der Waals surface area (Å²) < 4.78 is 5.80. The summed E-state index contributed by atoms with van der Waals surface area (Å²) in [5.74, 6) is 2.13. The third-order valence-electron chi connectivity index (χ3n) is 10.5. The summed E-state index contributed by atoms with van der Waals surface area (Å²) in [7, 11) is 0. The number of nitrogens with one attached hydrogen (secondary N) is 1. The maximum Gasteiger partial charge on any atom is 0.407 e. The zero-order valence-electron chi connectivity index (χ0n) is 26.8. The van der Waals surface area contributed by atoms with Gasteiger partial charge in [-0.25, -0.2) is 4.79 Å². The summed E-state index contributed by atoms with van der Waals surface area (Å²) in [4.78, 5) is 12.4. The number of hydrogen-bond acceptors (Lipinski definition) is 4. The Balaban J connectivity index is 1.50. The smallest absolute Gasteiger partial charge is 0.407 e. The Morgan fingerprint density at radius 2 is 1.83 bits per heavy atom. The molecule has 3 N–H and O–H groups in total. The van der Waals surface area contributed by atoms with Gasteiger partial charge in [0.1, 0.15) is 6.10 Å². The maximum atomic E-state index is 12.4. The number of hydrogen-bond donors (Lipinski definition) is 3. The molecule has 41 heavy (non-hydrogen) atoms. The molecule has 0 aromatic carbocycles. The molecule has 5 atom stereocenters. The quantitative estimate of drug-likeness (QED) is 0.172. The van der Waals surface area contributed by atoms with E-state index < -0.39 is 5.60 Å². The minimum atomic E-state index is -0.561. The summed E-state index contributed by atoms with van der Waals surface area (Å²) in [5, 5.41) is 21.9. The highest BCUT2D eigenvalue weighted by molar-refractivity contribution is 5.67. The van der Waals surface area contributed by atoms with Crippen LogP contribution in [0.25, 0.3) is 0 Å². The molecule has 3 rings (SSSR count). The van der Waals surface area contributed by atoms with Crippen LogP contribution in [0.1, 0.15) is 137 Å². The largest absolute Gasteiger partial charge is 0.446 e. The Morgan fingerprint density at radius 3 is 2.56 bits per heavy atom. The van der Waals surface area contributed by atoms with Crippen LogP contribution in [-0.4, -0.2) is 41.2 Å². The summed E-state index contributed by atoms with van der Waals surface area (Å²) in [6.45, 7) is 14.1. The fourth-order valence-electron chi connectivity index (χ4n) is 8.08.